The Morgan fingerprint density at radius 1 is 0.616 bits per heavy atom. The molecule has 5 heterocycles. The molecule has 10 rings (SSSR count). The molecule has 30 atom stereocenters. The third kappa shape index (κ3) is 12.6. The van der Waals surface area contributed by atoms with E-state index in [0.717, 1.165) is 5.56 Å². The second-order valence-corrected chi connectivity index (χ2v) is 26.5. The molecule has 23 heteroatoms. The summed E-state index contributed by atoms with van der Waals surface area (Å²) in [5.74, 6) is -1.52. The monoisotopic (exact) mass is 1220 g/mol. The summed E-state index contributed by atoms with van der Waals surface area (Å²) in [4.78, 5) is 27.0. The van der Waals surface area contributed by atoms with Gasteiger partial charge in [-0.15, -0.1) is 0 Å². The SMILES string of the molecule is CO[C@H]1C[C@H](O[C@H]2CC[C@@]3(C)[C@@H](CC[C@]4(O)[C@@H]3C[C@@H](OC(=O)C=Cc3ccccc3)[C@]3(C)[C@H](C(C)=O)CC[C@@]34O)C2)O[C@H](C)[C@H]1O[C@H]1C[C@H](OC)[C@H](O[C@H]2C[C@H](O)[C@H](O[C@H]3C[C@@H](OC)[C@H](O[C@@H]4O[C@H](CO)[C@@H](O)[C@H](O)[C@H]4O)[C@@H](C)O3)[C@@H](C)O2)[C@@H](C)O1. The van der Waals surface area contributed by atoms with Crippen LogP contribution in [0.1, 0.15) is 131 Å². The Bertz CT molecular complexity index is 2440. The highest BCUT2D eigenvalue weighted by Gasteiger charge is 2.78. The molecule has 1 aromatic rings. The standard InChI is InChI=1S/C63H96O23/c1-31(65)39-20-23-63(72)61(39,7)46(82-47(67)17-16-36-14-12-11-13-15-36)29-45-60(6)21-19-38(24-37(60)18-22-62(45,63)71)80-49-26-41(73-8)57(33(3)77-49)85-51-27-42(74-9)56(34(4)78-51)84-48-25-40(66)55(32(2)76-48)83-50-28-43(75-10)58(35(5)79-50)86-59-54(70)53(69)52(68)44(30-64)81-59/h11-17,32-35,37-46,48-59,64,66,68-72H,18-30H2,1-10H3/t32-,33-,34-,35-,37+,38+,39+,40+,41+,42+,43-,44-,45-,46-,48+,49+,50+,51+,52-,53+,54-,55-,56-,57-,58-,59+,60+,61+,62+,63-/m1/s1. The Labute approximate surface area is 504 Å². The van der Waals surface area contributed by atoms with Crippen LogP contribution in [0.4, 0.5) is 0 Å². The van der Waals surface area contributed by atoms with Gasteiger partial charge in [0.1, 0.15) is 66.3 Å². The normalized spacial score (nSPS) is 49.8. The quantitative estimate of drug-likeness (QED) is 0.0630. The van der Waals surface area contributed by atoms with E-state index in [1.807, 2.05) is 51.1 Å². The molecular formula is C63H96O23. The summed E-state index contributed by atoms with van der Waals surface area (Å²) in [6.07, 6.45) is -10.9. The van der Waals surface area contributed by atoms with E-state index in [1.165, 1.54) is 20.1 Å². The molecule has 9 fully saturated rings. The molecule has 5 saturated heterocycles. The van der Waals surface area contributed by atoms with E-state index in [1.54, 1.807) is 34.1 Å². The fourth-order valence-electron chi connectivity index (χ4n) is 17.0. The number of methoxy groups -OCH3 is 3. The summed E-state index contributed by atoms with van der Waals surface area (Å²) in [5, 5.41) is 78.4. The Balaban J connectivity index is 0.706. The van der Waals surface area contributed by atoms with Crippen LogP contribution in [0.3, 0.4) is 0 Å². The number of aliphatic hydroxyl groups excluding tert-OH is 5. The van der Waals surface area contributed by atoms with Gasteiger partial charge in [0.25, 0.3) is 0 Å². The fourth-order valence-corrected chi connectivity index (χ4v) is 17.0. The van der Waals surface area contributed by atoms with Crippen molar-refractivity contribution in [2.45, 2.75) is 278 Å². The van der Waals surface area contributed by atoms with Crippen molar-refractivity contribution in [3.63, 3.8) is 0 Å². The molecule has 0 radical (unpaired) electrons. The molecule has 486 valence electrons. The van der Waals surface area contributed by atoms with Crippen LogP contribution in [0.15, 0.2) is 36.4 Å². The van der Waals surface area contributed by atoms with Crippen LogP contribution in [-0.2, 0) is 75.9 Å². The van der Waals surface area contributed by atoms with Gasteiger partial charge >= 0.3 is 5.97 Å². The lowest BCUT2D eigenvalue weighted by atomic mass is 9.40. The maximum atomic E-state index is 13.6. The van der Waals surface area contributed by atoms with Gasteiger partial charge in [0, 0.05) is 64.4 Å². The first kappa shape index (κ1) is 66.2. The van der Waals surface area contributed by atoms with Crippen LogP contribution in [0, 0.1) is 28.6 Å². The van der Waals surface area contributed by atoms with Gasteiger partial charge in [-0.2, -0.15) is 0 Å². The maximum absolute atomic E-state index is 13.6. The maximum Gasteiger partial charge on any atom is 0.331 e. The van der Waals surface area contributed by atoms with Gasteiger partial charge in [0.2, 0.25) is 0 Å². The highest BCUT2D eigenvalue weighted by Crippen LogP contribution is 2.71. The minimum atomic E-state index is -1.66. The van der Waals surface area contributed by atoms with E-state index in [-0.39, 0.29) is 37.1 Å². The van der Waals surface area contributed by atoms with Gasteiger partial charge in [-0.3, -0.25) is 4.79 Å². The predicted octanol–water partition coefficient (Wildman–Crippen LogP) is 3.37. The second kappa shape index (κ2) is 26.9. The van der Waals surface area contributed by atoms with Gasteiger partial charge < -0.3 is 102 Å². The number of carbonyl (C=O) groups is 2. The number of fused-ring (bicyclic) bond motifs is 5. The highest BCUT2D eigenvalue weighted by atomic mass is 16.8. The van der Waals surface area contributed by atoms with E-state index < -0.39 is 182 Å². The number of ketones is 1. The molecule has 0 unspecified atom stereocenters. The number of ether oxygens (including phenoxy) is 14. The lowest BCUT2D eigenvalue weighted by molar-refractivity contribution is -0.358. The van der Waals surface area contributed by atoms with Crippen LogP contribution >= 0.6 is 0 Å². The smallest absolute Gasteiger partial charge is 0.331 e. The van der Waals surface area contributed by atoms with Crippen molar-refractivity contribution in [3.8, 4) is 0 Å². The number of aliphatic hydroxyl groups is 7. The zero-order valence-electron chi connectivity index (χ0n) is 51.4. The first-order valence-electron chi connectivity index (χ1n) is 31.2. The predicted molar refractivity (Wildman–Crippen MR) is 302 cm³/mol. The minimum absolute atomic E-state index is 0.0641. The lowest BCUT2D eigenvalue weighted by Gasteiger charge is -2.68. The van der Waals surface area contributed by atoms with Gasteiger partial charge in [0.05, 0.1) is 67.1 Å². The van der Waals surface area contributed by atoms with Crippen LogP contribution < -0.4 is 0 Å². The zero-order valence-corrected chi connectivity index (χ0v) is 51.4. The van der Waals surface area contributed by atoms with Crippen LogP contribution in [0.5, 0.6) is 0 Å². The van der Waals surface area contributed by atoms with E-state index in [0.29, 0.717) is 57.8 Å². The minimum Gasteiger partial charge on any atom is -0.458 e. The van der Waals surface area contributed by atoms with Crippen LogP contribution in [-0.4, -0.2) is 228 Å². The molecule has 0 amide bonds. The summed E-state index contributed by atoms with van der Waals surface area (Å²) < 4.78 is 87.7. The molecule has 5 aliphatic heterocycles. The summed E-state index contributed by atoms with van der Waals surface area (Å²) in [5.41, 5.74) is -3.95. The van der Waals surface area contributed by atoms with Crippen molar-refractivity contribution in [3.05, 3.63) is 42.0 Å². The molecule has 0 bridgehead atoms. The van der Waals surface area contributed by atoms with Crippen molar-refractivity contribution in [2.75, 3.05) is 27.9 Å². The molecular weight excluding hydrogens is 1120 g/mol. The number of rotatable bonds is 18. The average Bonchev–Trinajstić information content (AvgIpc) is 1.30. The van der Waals surface area contributed by atoms with Gasteiger partial charge in [-0.25, -0.2) is 4.79 Å². The number of benzene rings is 1. The summed E-state index contributed by atoms with van der Waals surface area (Å²) in [6.45, 7) is 12.3. The molecule has 7 N–H and O–H groups in total. The zero-order chi connectivity index (χ0) is 61.8. The first-order chi connectivity index (χ1) is 40.9. The molecule has 9 aliphatic rings. The van der Waals surface area contributed by atoms with E-state index in [9.17, 15) is 45.3 Å². The molecule has 1 aromatic carbocycles. The van der Waals surface area contributed by atoms with E-state index >= 15 is 0 Å². The van der Waals surface area contributed by atoms with E-state index in [2.05, 4.69) is 6.92 Å². The number of esters is 1. The summed E-state index contributed by atoms with van der Waals surface area (Å²) in [6, 6.07) is 9.45. The lowest BCUT2D eigenvalue weighted by Crippen LogP contribution is -2.76. The Morgan fingerprint density at radius 3 is 1.70 bits per heavy atom. The largest absolute Gasteiger partial charge is 0.458 e. The molecule has 23 nitrogen and oxygen atoms in total. The Morgan fingerprint density at radius 2 is 1.15 bits per heavy atom. The van der Waals surface area contributed by atoms with Crippen molar-refractivity contribution in [2.24, 2.45) is 28.6 Å². The second-order valence-electron chi connectivity index (χ2n) is 26.5. The van der Waals surface area contributed by atoms with E-state index in [4.69, 9.17) is 66.3 Å². The van der Waals surface area contributed by atoms with Gasteiger partial charge in [-0.05, 0) is 115 Å². The Kier molecular flexibility index (Phi) is 20.7. The van der Waals surface area contributed by atoms with Gasteiger partial charge in [-0.1, -0.05) is 44.2 Å². The van der Waals surface area contributed by atoms with Crippen molar-refractivity contribution < 1.29 is 112 Å². The molecule has 0 spiro atoms. The molecule has 86 heavy (non-hydrogen) atoms. The summed E-state index contributed by atoms with van der Waals surface area (Å²) in [7, 11) is 4.72. The third-order valence-corrected chi connectivity index (χ3v) is 21.8. The van der Waals surface area contributed by atoms with Crippen molar-refractivity contribution >= 4 is 17.8 Å². The fraction of sp³-hybridized carbons (Fsp3) is 0.841. The van der Waals surface area contributed by atoms with Crippen LogP contribution in [0.2, 0.25) is 0 Å². The third-order valence-electron chi connectivity index (χ3n) is 21.8. The number of Topliss-reactive ketones (excluding diaryl/α,β-unsaturated/α-hetero) is 1. The molecule has 4 saturated carbocycles. The number of hydrogen-bond donors (Lipinski definition) is 7. The first-order valence-corrected chi connectivity index (χ1v) is 31.2. The summed E-state index contributed by atoms with van der Waals surface area (Å²) >= 11 is 0. The van der Waals surface area contributed by atoms with Crippen LogP contribution in [0.25, 0.3) is 6.08 Å². The Hall–Kier alpha value is -2.70. The number of hydrogen-bond acceptors (Lipinski definition) is 23. The van der Waals surface area contributed by atoms with Crippen molar-refractivity contribution in [1.29, 1.82) is 0 Å². The van der Waals surface area contributed by atoms with Crippen molar-refractivity contribution in [1.82, 2.24) is 0 Å². The number of carbonyl (C=O) groups excluding carboxylic acids is 2. The highest BCUT2D eigenvalue weighted by molar-refractivity contribution is 5.87. The molecule has 0 aromatic heterocycles. The average molecular weight is 1220 g/mol. The molecule has 4 aliphatic carbocycles. The topological polar surface area (TPSA) is 305 Å². The van der Waals surface area contributed by atoms with Gasteiger partial charge in [0.15, 0.2) is 31.5 Å².